The van der Waals surface area contributed by atoms with Gasteiger partial charge in [0.1, 0.15) is 0 Å². The summed E-state index contributed by atoms with van der Waals surface area (Å²) in [7, 11) is 0. The molecule has 1 N–H and O–H groups in total. The normalized spacial score (nSPS) is 10.4. The lowest BCUT2D eigenvalue weighted by Gasteiger charge is -2.06. The molecule has 0 saturated heterocycles. The van der Waals surface area contributed by atoms with Crippen LogP contribution in [-0.4, -0.2) is 15.3 Å². The summed E-state index contributed by atoms with van der Waals surface area (Å²) in [6.45, 7) is 0.122. The first kappa shape index (κ1) is 13.9. The third-order valence-electron chi connectivity index (χ3n) is 3.45. The molecule has 3 rings (SSSR count). The number of nitrogens with zero attached hydrogens (tertiary/aromatic N) is 2. The lowest BCUT2D eigenvalue weighted by molar-refractivity contribution is 0.0969. The number of carbonyl (C=O) groups excluding carboxylic acids is 1. The Kier molecular flexibility index (Phi) is 3.92. The molecule has 108 valence electrons. The number of nitrogens with one attached hydrogen (secondary N) is 1. The number of rotatable bonds is 4. The molecule has 0 aliphatic rings. The van der Waals surface area contributed by atoms with Crippen LogP contribution in [0.4, 0.5) is 0 Å². The molecule has 1 aromatic heterocycles. The predicted octanol–water partition coefficient (Wildman–Crippen LogP) is 2.91. The van der Waals surface area contributed by atoms with Crippen molar-refractivity contribution in [2.75, 3.05) is 0 Å². The molecule has 3 aromatic rings. The van der Waals surface area contributed by atoms with Gasteiger partial charge in [-0.2, -0.15) is 0 Å². The van der Waals surface area contributed by atoms with E-state index in [1.807, 2.05) is 54.6 Å². The van der Waals surface area contributed by atoms with Gasteiger partial charge in [-0.1, -0.05) is 54.6 Å². The van der Waals surface area contributed by atoms with Gasteiger partial charge in [0.15, 0.2) is 5.78 Å². The first-order valence-electron chi connectivity index (χ1n) is 6.99. The van der Waals surface area contributed by atoms with Crippen molar-refractivity contribution in [3.8, 4) is 11.1 Å². The van der Waals surface area contributed by atoms with E-state index >= 15 is 0 Å². The molecule has 0 fully saturated rings. The Morgan fingerprint density at radius 2 is 1.64 bits per heavy atom. The zero-order valence-electron chi connectivity index (χ0n) is 11.9. The minimum Gasteiger partial charge on any atom is -0.310 e. The zero-order chi connectivity index (χ0) is 15.4. The summed E-state index contributed by atoms with van der Waals surface area (Å²) >= 11 is 0. The number of Topliss-reactive ketones (excluding diaryl/α,β-unsaturated/α-hetero) is 1. The van der Waals surface area contributed by atoms with Gasteiger partial charge in [0.25, 0.3) is 0 Å². The Morgan fingerprint density at radius 3 is 2.32 bits per heavy atom. The maximum atomic E-state index is 12.3. The van der Waals surface area contributed by atoms with E-state index in [1.54, 1.807) is 12.3 Å². The fraction of sp³-hybridized carbons (Fsp3) is 0.0556. The molecule has 0 saturated carbocycles. The summed E-state index contributed by atoms with van der Waals surface area (Å²) in [4.78, 5) is 16.1. The Balaban J connectivity index is 1.80. The molecule has 0 aliphatic heterocycles. The molecule has 0 spiro atoms. The van der Waals surface area contributed by atoms with Gasteiger partial charge in [0.2, 0.25) is 5.62 Å². The lowest BCUT2D eigenvalue weighted by atomic mass is 10.0. The number of carbonyl (C=O) groups is 1. The Bertz CT molecular complexity index is 836. The van der Waals surface area contributed by atoms with E-state index in [9.17, 15) is 4.79 Å². The van der Waals surface area contributed by atoms with E-state index in [0.29, 0.717) is 5.56 Å². The summed E-state index contributed by atoms with van der Waals surface area (Å²) in [5.74, 6) is -0.0360. The number of aromatic nitrogens is 2. The van der Waals surface area contributed by atoms with Crippen LogP contribution in [0, 0.1) is 5.41 Å². The number of hydrogen-bond donors (Lipinski definition) is 1. The third kappa shape index (κ3) is 3.01. The summed E-state index contributed by atoms with van der Waals surface area (Å²) in [5.41, 5.74) is 2.91. The molecule has 0 amide bonds. The van der Waals surface area contributed by atoms with Crippen molar-refractivity contribution in [2.24, 2.45) is 0 Å². The second-order valence-electron chi connectivity index (χ2n) is 4.94. The predicted molar refractivity (Wildman–Crippen MR) is 84.3 cm³/mol. The first-order valence-corrected chi connectivity index (χ1v) is 6.99. The molecule has 22 heavy (non-hydrogen) atoms. The quantitative estimate of drug-likeness (QED) is 0.751. The van der Waals surface area contributed by atoms with Gasteiger partial charge in [0.05, 0.1) is 6.54 Å². The maximum Gasteiger partial charge on any atom is 0.222 e. The molecule has 0 radical (unpaired) electrons. The highest BCUT2D eigenvalue weighted by Crippen LogP contribution is 2.19. The van der Waals surface area contributed by atoms with Crippen molar-refractivity contribution in [1.29, 1.82) is 5.41 Å². The van der Waals surface area contributed by atoms with E-state index < -0.39 is 0 Å². The van der Waals surface area contributed by atoms with Crippen molar-refractivity contribution in [1.82, 2.24) is 9.55 Å². The maximum absolute atomic E-state index is 12.3. The smallest absolute Gasteiger partial charge is 0.222 e. The van der Waals surface area contributed by atoms with Crippen LogP contribution >= 0.6 is 0 Å². The van der Waals surface area contributed by atoms with E-state index in [1.165, 1.54) is 10.8 Å². The monoisotopic (exact) mass is 289 g/mol. The first-order chi connectivity index (χ1) is 10.7. The van der Waals surface area contributed by atoms with Gasteiger partial charge in [-0.3, -0.25) is 10.2 Å². The summed E-state index contributed by atoms with van der Waals surface area (Å²) < 4.78 is 1.52. The van der Waals surface area contributed by atoms with Gasteiger partial charge in [-0.05, 0) is 17.2 Å². The Labute approximate surface area is 128 Å². The van der Waals surface area contributed by atoms with Gasteiger partial charge in [-0.25, -0.2) is 4.98 Å². The van der Waals surface area contributed by atoms with Crippen LogP contribution in [0.3, 0.4) is 0 Å². The average Bonchev–Trinajstić information content (AvgIpc) is 2.58. The zero-order valence-corrected chi connectivity index (χ0v) is 11.9. The molecule has 0 bridgehead atoms. The summed E-state index contributed by atoms with van der Waals surface area (Å²) in [5, 5.41) is 7.67. The van der Waals surface area contributed by atoms with Crippen LogP contribution < -0.4 is 5.62 Å². The minimum atomic E-state index is -0.0360. The van der Waals surface area contributed by atoms with Gasteiger partial charge >= 0.3 is 0 Å². The van der Waals surface area contributed by atoms with Crippen molar-refractivity contribution in [3.63, 3.8) is 0 Å². The molecule has 4 heteroatoms. The van der Waals surface area contributed by atoms with Crippen LogP contribution in [0.1, 0.15) is 10.4 Å². The van der Waals surface area contributed by atoms with Gasteiger partial charge in [0, 0.05) is 18.0 Å². The number of ketones is 1. The molecule has 0 atom stereocenters. The van der Waals surface area contributed by atoms with Crippen LogP contribution in [0.15, 0.2) is 73.1 Å². The van der Waals surface area contributed by atoms with Gasteiger partial charge in [-0.15, -0.1) is 0 Å². The van der Waals surface area contributed by atoms with Crippen LogP contribution in [0.25, 0.3) is 11.1 Å². The highest BCUT2D eigenvalue weighted by molar-refractivity contribution is 5.96. The van der Waals surface area contributed by atoms with E-state index in [2.05, 4.69) is 4.98 Å². The van der Waals surface area contributed by atoms with Crippen molar-refractivity contribution < 1.29 is 4.79 Å². The number of benzene rings is 2. The fourth-order valence-electron chi connectivity index (χ4n) is 2.25. The lowest BCUT2D eigenvalue weighted by Crippen LogP contribution is -2.25. The molecule has 2 aromatic carbocycles. The second-order valence-corrected chi connectivity index (χ2v) is 4.94. The van der Waals surface area contributed by atoms with E-state index in [0.717, 1.165) is 11.1 Å². The Hall–Kier alpha value is -3.01. The average molecular weight is 289 g/mol. The number of hydrogen-bond acceptors (Lipinski definition) is 3. The topological polar surface area (TPSA) is 58.7 Å². The molecule has 0 aliphatic carbocycles. The summed E-state index contributed by atoms with van der Waals surface area (Å²) in [6, 6.07) is 19.3. The molecule has 1 heterocycles. The van der Waals surface area contributed by atoms with Crippen molar-refractivity contribution in [2.45, 2.75) is 6.54 Å². The highest BCUT2D eigenvalue weighted by Gasteiger charge is 2.07. The van der Waals surface area contributed by atoms with Crippen molar-refractivity contribution >= 4 is 5.78 Å². The standard InChI is InChI=1S/C18H15N3O/c19-18-20-11-4-12-21(18)13-17(22)16-9-7-15(8-10-16)14-5-2-1-3-6-14/h1-12,19H,13H2. The molecular weight excluding hydrogens is 274 g/mol. The molecule has 0 unspecified atom stereocenters. The van der Waals surface area contributed by atoms with Crippen LogP contribution in [0.2, 0.25) is 0 Å². The Morgan fingerprint density at radius 1 is 0.955 bits per heavy atom. The third-order valence-corrected chi connectivity index (χ3v) is 3.45. The van der Waals surface area contributed by atoms with Crippen molar-refractivity contribution in [3.05, 3.63) is 84.2 Å². The highest BCUT2D eigenvalue weighted by atomic mass is 16.1. The van der Waals surface area contributed by atoms with Crippen LogP contribution in [0.5, 0.6) is 0 Å². The SMILES string of the molecule is N=c1ncccn1CC(=O)c1ccc(-c2ccccc2)cc1. The van der Waals surface area contributed by atoms with Gasteiger partial charge < -0.3 is 4.57 Å². The van der Waals surface area contributed by atoms with E-state index in [4.69, 9.17) is 5.41 Å². The molecular formula is C18H15N3O. The second kappa shape index (κ2) is 6.18. The minimum absolute atomic E-state index is 0.0360. The summed E-state index contributed by atoms with van der Waals surface area (Å²) in [6.07, 6.45) is 3.23. The largest absolute Gasteiger partial charge is 0.310 e. The molecule has 4 nitrogen and oxygen atoms in total. The van der Waals surface area contributed by atoms with E-state index in [-0.39, 0.29) is 17.9 Å². The van der Waals surface area contributed by atoms with Crippen LogP contribution in [-0.2, 0) is 6.54 Å². The fourth-order valence-corrected chi connectivity index (χ4v) is 2.25.